The highest BCUT2D eigenvalue weighted by Crippen LogP contribution is 2.27. The first-order valence-electron chi connectivity index (χ1n) is 8.88. The van der Waals surface area contributed by atoms with Gasteiger partial charge in [0.2, 0.25) is 0 Å². The third kappa shape index (κ3) is 5.13. The number of thiol groups is 1. The van der Waals surface area contributed by atoms with Crippen molar-refractivity contribution in [1.29, 1.82) is 0 Å². The minimum Gasteiger partial charge on any atom is -0.482 e. The molecule has 148 valence electrons. The summed E-state index contributed by atoms with van der Waals surface area (Å²) in [5.74, 6) is 0.204. The molecule has 2 aromatic carbocycles. The Balaban J connectivity index is 1.56. The number of amides is 2. The maximum Gasteiger partial charge on any atom is 0.260 e. The molecule has 0 bridgehead atoms. The number of halogens is 2. The molecule has 0 radical (unpaired) electrons. The van der Waals surface area contributed by atoms with Crippen molar-refractivity contribution in [3.05, 3.63) is 58.1 Å². The average molecular weight is 439 g/mol. The summed E-state index contributed by atoms with van der Waals surface area (Å²) in [6, 6.07) is 12.1. The van der Waals surface area contributed by atoms with Gasteiger partial charge >= 0.3 is 0 Å². The molecule has 8 heteroatoms. The molecule has 28 heavy (non-hydrogen) atoms. The van der Waals surface area contributed by atoms with Crippen LogP contribution in [0.4, 0.5) is 0 Å². The van der Waals surface area contributed by atoms with Crippen LogP contribution < -0.4 is 4.74 Å². The van der Waals surface area contributed by atoms with Gasteiger partial charge in [-0.15, -0.1) is 12.6 Å². The molecule has 1 fully saturated rings. The zero-order valence-electron chi connectivity index (χ0n) is 15.1. The second-order valence-corrected chi connectivity index (χ2v) is 7.73. The molecule has 0 N–H and O–H groups in total. The predicted octanol–water partition coefficient (Wildman–Crippen LogP) is 4.04. The quantitative estimate of drug-likeness (QED) is 0.732. The first kappa shape index (κ1) is 20.8. The van der Waals surface area contributed by atoms with E-state index in [0.717, 1.165) is 0 Å². The van der Waals surface area contributed by atoms with E-state index in [9.17, 15) is 9.59 Å². The number of benzene rings is 2. The van der Waals surface area contributed by atoms with Gasteiger partial charge in [0.25, 0.3) is 11.8 Å². The Kier molecular flexibility index (Phi) is 7.10. The zero-order valence-corrected chi connectivity index (χ0v) is 17.5. The molecule has 0 aromatic heterocycles. The van der Waals surface area contributed by atoms with Gasteiger partial charge in [-0.3, -0.25) is 9.59 Å². The van der Waals surface area contributed by atoms with Gasteiger partial charge in [0.05, 0.1) is 10.6 Å². The maximum absolute atomic E-state index is 12.7. The first-order valence-corrected chi connectivity index (χ1v) is 10.1. The van der Waals surface area contributed by atoms with Crippen LogP contribution in [0.1, 0.15) is 16.8 Å². The zero-order chi connectivity index (χ0) is 20.1. The van der Waals surface area contributed by atoms with E-state index >= 15 is 0 Å². The molecule has 1 saturated heterocycles. The SMILES string of the molecule is O=C(COc1ccc(Cl)cc1Cl)N1CCCN(C(=O)c2ccccc2S)CC1. The standard InChI is InChI=1S/C20H20Cl2N2O3S/c21-14-6-7-17(16(22)12-14)27-13-19(25)23-8-3-9-24(11-10-23)20(26)15-4-1-2-5-18(15)28/h1-2,4-7,12,28H,3,8-11,13H2. The van der Waals surface area contributed by atoms with E-state index in [1.807, 2.05) is 12.1 Å². The molecule has 0 saturated carbocycles. The Morgan fingerprint density at radius 3 is 2.46 bits per heavy atom. The Labute approximate surface area is 179 Å². The van der Waals surface area contributed by atoms with Crippen molar-refractivity contribution in [2.24, 2.45) is 0 Å². The second kappa shape index (κ2) is 9.54. The summed E-state index contributed by atoms with van der Waals surface area (Å²) in [6.45, 7) is 1.97. The molecule has 1 heterocycles. The molecule has 0 aliphatic carbocycles. The second-order valence-electron chi connectivity index (χ2n) is 6.41. The lowest BCUT2D eigenvalue weighted by molar-refractivity contribution is -0.133. The van der Waals surface area contributed by atoms with E-state index in [-0.39, 0.29) is 18.4 Å². The van der Waals surface area contributed by atoms with Crippen molar-refractivity contribution in [2.45, 2.75) is 11.3 Å². The number of carbonyl (C=O) groups is 2. The molecule has 2 amide bonds. The number of carbonyl (C=O) groups excluding carboxylic acids is 2. The van der Waals surface area contributed by atoms with Crippen LogP contribution in [0.2, 0.25) is 10.0 Å². The number of hydrogen-bond donors (Lipinski definition) is 1. The molecule has 1 aliphatic heterocycles. The van der Waals surface area contributed by atoms with Crippen LogP contribution in [-0.4, -0.2) is 54.4 Å². The number of hydrogen-bond acceptors (Lipinski definition) is 4. The lowest BCUT2D eigenvalue weighted by Crippen LogP contribution is -2.39. The van der Waals surface area contributed by atoms with Gasteiger partial charge in [0, 0.05) is 36.1 Å². The largest absolute Gasteiger partial charge is 0.482 e. The lowest BCUT2D eigenvalue weighted by atomic mass is 10.2. The average Bonchev–Trinajstić information content (AvgIpc) is 2.93. The van der Waals surface area contributed by atoms with Gasteiger partial charge in [-0.05, 0) is 36.8 Å². The van der Waals surface area contributed by atoms with Gasteiger partial charge in [-0.2, -0.15) is 0 Å². The van der Waals surface area contributed by atoms with E-state index in [1.54, 1.807) is 40.1 Å². The van der Waals surface area contributed by atoms with Gasteiger partial charge in [-0.25, -0.2) is 0 Å². The van der Waals surface area contributed by atoms with Gasteiger partial charge in [-0.1, -0.05) is 35.3 Å². The summed E-state index contributed by atoms with van der Waals surface area (Å²) in [4.78, 5) is 29.4. The summed E-state index contributed by atoms with van der Waals surface area (Å²) >= 11 is 16.3. The molecule has 0 spiro atoms. The maximum atomic E-state index is 12.7. The van der Waals surface area contributed by atoms with Crippen LogP contribution in [0.5, 0.6) is 5.75 Å². The minimum atomic E-state index is -0.144. The lowest BCUT2D eigenvalue weighted by Gasteiger charge is -2.23. The summed E-state index contributed by atoms with van der Waals surface area (Å²) in [6.07, 6.45) is 0.702. The molecule has 3 rings (SSSR count). The monoisotopic (exact) mass is 438 g/mol. The molecule has 0 unspecified atom stereocenters. The van der Waals surface area contributed by atoms with Gasteiger partial charge < -0.3 is 14.5 Å². The molecule has 1 aliphatic rings. The van der Waals surface area contributed by atoms with Crippen molar-refractivity contribution >= 4 is 47.6 Å². The van der Waals surface area contributed by atoms with Crippen LogP contribution in [0.25, 0.3) is 0 Å². The smallest absolute Gasteiger partial charge is 0.260 e. The van der Waals surface area contributed by atoms with Crippen molar-refractivity contribution in [3.8, 4) is 5.75 Å². The summed E-state index contributed by atoms with van der Waals surface area (Å²) in [5, 5.41) is 0.863. The highest BCUT2D eigenvalue weighted by atomic mass is 35.5. The van der Waals surface area contributed by atoms with Gasteiger partial charge in [0.1, 0.15) is 5.75 Å². The fourth-order valence-electron chi connectivity index (χ4n) is 3.02. The summed E-state index contributed by atoms with van der Waals surface area (Å²) in [5.41, 5.74) is 0.575. The topological polar surface area (TPSA) is 49.9 Å². The number of nitrogens with zero attached hydrogens (tertiary/aromatic N) is 2. The Morgan fingerprint density at radius 2 is 1.71 bits per heavy atom. The minimum absolute atomic E-state index is 0.0657. The van der Waals surface area contributed by atoms with E-state index in [0.29, 0.717) is 58.9 Å². The molecule has 5 nitrogen and oxygen atoms in total. The van der Waals surface area contributed by atoms with Crippen LogP contribution in [0, 0.1) is 0 Å². The summed E-state index contributed by atoms with van der Waals surface area (Å²) in [7, 11) is 0. The van der Waals surface area contributed by atoms with E-state index in [1.165, 1.54) is 0 Å². The molecular formula is C20H20Cl2N2O3S. The summed E-state index contributed by atoms with van der Waals surface area (Å²) < 4.78 is 5.53. The third-order valence-corrected chi connectivity index (χ3v) is 5.44. The van der Waals surface area contributed by atoms with Gasteiger partial charge in [0.15, 0.2) is 6.61 Å². The van der Waals surface area contributed by atoms with Crippen LogP contribution in [0.3, 0.4) is 0 Å². The van der Waals surface area contributed by atoms with E-state index in [2.05, 4.69) is 12.6 Å². The Hall–Kier alpha value is -1.89. The molecule has 0 atom stereocenters. The normalized spacial score (nSPS) is 14.5. The van der Waals surface area contributed by atoms with Crippen LogP contribution >= 0.6 is 35.8 Å². The molecule has 2 aromatic rings. The van der Waals surface area contributed by atoms with Crippen LogP contribution in [0.15, 0.2) is 47.4 Å². The fraction of sp³-hybridized carbons (Fsp3) is 0.300. The van der Waals surface area contributed by atoms with E-state index in [4.69, 9.17) is 27.9 Å². The highest BCUT2D eigenvalue weighted by molar-refractivity contribution is 7.80. The number of rotatable bonds is 4. The third-order valence-electron chi connectivity index (χ3n) is 4.52. The molecular weight excluding hydrogens is 419 g/mol. The highest BCUT2D eigenvalue weighted by Gasteiger charge is 2.24. The Bertz CT molecular complexity index is 878. The predicted molar refractivity (Wildman–Crippen MR) is 113 cm³/mol. The van der Waals surface area contributed by atoms with Crippen molar-refractivity contribution in [2.75, 3.05) is 32.8 Å². The van der Waals surface area contributed by atoms with E-state index < -0.39 is 0 Å². The van der Waals surface area contributed by atoms with Crippen LogP contribution in [-0.2, 0) is 4.79 Å². The number of ether oxygens (including phenoxy) is 1. The van der Waals surface area contributed by atoms with Crippen molar-refractivity contribution in [1.82, 2.24) is 9.80 Å². The first-order chi connectivity index (χ1) is 13.5. The Morgan fingerprint density at radius 1 is 1.00 bits per heavy atom. The van der Waals surface area contributed by atoms with Crippen molar-refractivity contribution < 1.29 is 14.3 Å². The van der Waals surface area contributed by atoms with Crippen molar-refractivity contribution in [3.63, 3.8) is 0 Å². The fourth-order valence-corrected chi connectivity index (χ4v) is 3.74.